The van der Waals surface area contributed by atoms with E-state index in [1.807, 2.05) is 0 Å². The third-order valence-electron chi connectivity index (χ3n) is 4.46. The molecule has 98 valence electrons. The fourth-order valence-electron chi connectivity index (χ4n) is 3.34. The van der Waals surface area contributed by atoms with Crippen LogP contribution >= 0.6 is 0 Å². The van der Waals surface area contributed by atoms with Gasteiger partial charge in [-0.15, -0.1) is 0 Å². The highest BCUT2D eigenvalue weighted by Crippen LogP contribution is 2.28. The standard InChI is InChI=1S/C14H25NO2/c16-14(17)6-5-12-7-9-15(10-8-12)11-13-3-1-2-4-13/h12-13H,1-11H2,(H,16,17). The Morgan fingerprint density at radius 1 is 1.06 bits per heavy atom. The van der Waals surface area contributed by atoms with Crippen molar-refractivity contribution in [1.82, 2.24) is 4.90 Å². The summed E-state index contributed by atoms with van der Waals surface area (Å²) in [6.07, 6.45) is 9.37. The second kappa shape index (κ2) is 6.39. The van der Waals surface area contributed by atoms with Crippen LogP contribution in [0.25, 0.3) is 0 Å². The molecule has 0 radical (unpaired) electrons. The maximum Gasteiger partial charge on any atom is 0.303 e. The lowest BCUT2D eigenvalue weighted by atomic mass is 9.91. The van der Waals surface area contributed by atoms with Crippen molar-refractivity contribution in [1.29, 1.82) is 0 Å². The van der Waals surface area contributed by atoms with Crippen molar-refractivity contribution in [3.05, 3.63) is 0 Å². The SMILES string of the molecule is O=C(O)CCC1CCN(CC2CCCC2)CC1. The molecule has 1 saturated carbocycles. The van der Waals surface area contributed by atoms with E-state index in [0.717, 1.165) is 12.3 Å². The van der Waals surface area contributed by atoms with Gasteiger partial charge in [0.15, 0.2) is 0 Å². The number of carbonyl (C=O) groups is 1. The van der Waals surface area contributed by atoms with Crippen LogP contribution in [-0.2, 0) is 4.79 Å². The molecule has 0 unspecified atom stereocenters. The zero-order valence-electron chi connectivity index (χ0n) is 10.7. The highest BCUT2D eigenvalue weighted by molar-refractivity contribution is 5.66. The number of nitrogens with zero attached hydrogens (tertiary/aromatic N) is 1. The molecule has 2 rings (SSSR count). The smallest absolute Gasteiger partial charge is 0.303 e. The van der Waals surface area contributed by atoms with E-state index in [2.05, 4.69) is 4.90 Å². The Morgan fingerprint density at radius 2 is 1.71 bits per heavy atom. The van der Waals surface area contributed by atoms with Crippen LogP contribution in [-0.4, -0.2) is 35.6 Å². The van der Waals surface area contributed by atoms with Crippen molar-refractivity contribution >= 4 is 5.97 Å². The van der Waals surface area contributed by atoms with Crippen molar-refractivity contribution in [3.63, 3.8) is 0 Å². The van der Waals surface area contributed by atoms with Gasteiger partial charge in [-0.2, -0.15) is 0 Å². The lowest BCUT2D eigenvalue weighted by molar-refractivity contribution is -0.137. The summed E-state index contributed by atoms with van der Waals surface area (Å²) >= 11 is 0. The third-order valence-corrected chi connectivity index (χ3v) is 4.46. The second-order valence-electron chi connectivity index (χ2n) is 5.83. The van der Waals surface area contributed by atoms with E-state index in [1.54, 1.807) is 0 Å². The highest BCUT2D eigenvalue weighted by Gasteiger charge is 2.23. The van der Waals surface area contributed by atoms with Crippen molar-refractivity contribution in [3.8, 4) is 0 Å². The first-order valence-corrected chi connectivity index (χ1v) is 7.18. The van der Waals surface area contributed by atoms with Crippen LogP contribution in [0.15, 0.2) is 0 Å². The molecule has 1 aliphatic heterocycles. The van der Waals surface area contributed by atoms with Gasteiger partial charge in [0, 0.05) is 13.0 Å². The molecule has 0 aromatic heterocycles. The molecule has 2 aliphatic rings. The summed E-state index contributed by atoms with van der Waals surface area (Å²) in [7, 11) is 0. The minimum Gasteiger partial charge on any atom is -0.481 e. The van der Waals surface area contributed by atoms with E-state index < -0.39 is 5.97 Å². The van der Waals surface area contributed by atoms with Gasteiger partial charge in [-0.05, 0) is 57.0 Å². The van der Waals surface area contributed by atoms with Gasteiger partial charge in [0.2, 0.25) is 0 Å². The lowest BCUT2D eigenvalue weighted by Crippen LogP contribution is -2.36. The van der Waals surface area contributed by atoms with E-state index in [0.29, 0.717) is 12.3 Å². The van der Waals surface area contributed by atoms with Gasteiger partial charge in [-0.1, -0.05) is 12.8 Å². The number of rotatable bonds is 5. The average molecular weight is 239 g/mol. The van der Waals surface area contributed by atoms with Gasteiger partial charge in [-0.3, -0.25) is 4.79 Å². The van der Waals surface area contributed by atoms with E-state index in [4.69, 9.17) is 5.11 Å². The Bertz CT molecular complexity index is 241. The van der Waals surface area contributed by atoms with Crippen LogP contribution in [0.5, 0.6) is 0 Å². The van der Waals surface area contributed by atoms with Gasteiger partial charge >= 0.3 is 5.97 Å². The van der Waals surface area contributed by atoms with E-state index in [1.165, 1.54) is 58.2 Å². The Hall–Kier alpha value is -0.570. The minimum absolute atomic E-state index is 0.354. The molecule has 1 N–H and O–H groups in total. The number of piperidine rings is 1. The van der Waals surface area contributed by atoms with Crippen LogP contribution in [0, 0.1) is 11.8 Å². The third kappa shape index (κ3) is 4.30. The summed E-state index contributed by atoms with van der Waals surface area (Å²) in [5.41, 5.74) is 0. The quantitative estimate of drug-likeness (QED) is 0.802. The predicted octanol–water partition coefficient (Wildman–Crippen LogP) is 2.75. The summed E-state index contributed by atoms with van der Waals surface area (Å²) in [5, 5.41) is 8.68. The molecule has 3 heteroatoms. The zero-order chi connectivity index (χ0) is 12.1. The minimum atomic E-state index is -0.640. The van der Waals surface area contributed by atoms with Crippen molar-refractivity contribution in [2.45, 2.75) is 51.4 Å². The molecule has 3 nitrogen and oxygen atoms in total. The van der Waals surface area contributed by atoms with E-state index >= 15 is 0 Å². The molecule has 1 saturated heterocycles. The number of likely N-dealkylation sites (tertiary alicyclic amines) is 1. The van der Waals surface area contributed by atoms with Gasteiger partial charge in [0.25, 0.3) is 0 Å². The number of carboxylic acid groups (broad SMARTS) is 1. The lowest BCUT2D eigenvalue weighted by Gasteiger charge is -2.33. The van der Waals surface area contributed by atoms with Crippen LogP contribution < -0.4 is 0 Å². The summed E-state index contributed by atoms with van der Waals surface area (Å²) in [4.78, 5) is 13.1. The van der Waals surface area contributed by atoms with Crippen LogP contribution in [0.2, 0.25) is 0 Å². The Labute approximate surface area is 104 Å². The van der Waals surface area contributed by atoms with Crippen LogP contribution in [0.1, 0.15) is 51.4 Å². The molecule has 0 bridgehead atoms. The zero-order valence-corrected chi connectivity index (χ0v) is 10.7. The molecule has 1 heterocycles. The fraction of sp³-hybridized carbons (Fsp3) is 0.929. The van der Waals surface area contributed by atoms with Crippen molar-refractivity contribution < 1.29 is 9.90 Å². The topological polar surface area (TPSA) is 40.5 Å². The molecule has 0 aromatic carbocycles. The monoisotopic (exact) mass is 239 g/mol. The van der Waals surface area contributed by atoms with E-state index in [-0.39, 0.29) is 0 Å². The molecule has 0 aromatic rings. The van der Waals surface area contributed by atoms with Crippen molar-refractivity contribution in [2.24, 2.45) is 11.8 Å². The van der Waals surface area contributed by atoms with Gasteiger partial charge in [0.05, 0.1) is 0 Å². The van der Waals surface area contributed by atoms with Crippen LogP contribution in [0.3, 0.4) is 0 Å². The predicted molar refractivity (Wildman–Crippen MR) is 68.0 cm³/mol. The Morgan fingerprint density at radius 3 is 2.29 bits per heavy atom. The maximum absolute atomic E-state index is 10.5. The van der Waals surface area contributed by atoms with Crippen molar-refractivity contribution in [2.75, 3.05) is 19.6 Å². The molecular weight excluding hydrogens is 214 g/mol. The highest BCUT2D eigenvalue weighted by atomic mass is 16.4. The fourth-order valence-corrected chi connectivity index (χ4v) is 3.34. The second-order valence-corrected chi connectivity index (χ2v) is 5.83. The largest absolute Gasteiger partial charge is 0.481 e. The first-order chi connectivity index (χ1) is 8.24. The summed E-state index contributed by atoms with van der Waals surface area (Å²) < 4.78 is 0. The number of carboxylic acids is 1. The number of hydrogen-bond donors (Lipinski definition) is 1. The molecular formula is C14H25NO2. The van der Waals surface area contributed by atoms with E-state index in [9.17, 15) is 4.79 Å². The number of aliphatic carboxylic acids is 1. The molecule has 1 aliphatic carbocycles. The first kappa shape index (κ1) is 12.9. The first-order valence-electron chi connectivity index (χ1n) is 7.18. The normalized spacial score (nSPS) is 24.2. The Kier molecular flexibility index (Phi) is 4.84. The summed E-state index contributed by atoms with van der Waals surface area (Å²) in [6, 6.07) is 0. The molecule has 0 spiro atoms. The van der Waals surface area contributed by atoms with Gasteiger partial charge in [-0.25, -0.2) is 0 Å². The van der Waals surface area contributed by atoms with Gasteiger partial charge in [0.1, 0.15) is 0 Å². The molecule has 0 amide bonds. The summed E-state index contributed by atoms with van der Waals surface area (Å²) in [5.74, 6) is 0.967. The van der Waals surface area contributed by atoms with Crippen LogP contribution in [0.4, 0.5) is 0 Å². The summed E-state index contributed by atoms with van der Waals surface area (Å²) in [6.45, 7) is 3.69. The Balaban J connectivity index is 1.61. The number of hydrogen-bond acceptors (Lipinski definition) is 2. The van der Waals surface area contributed by atoms with Gasteiger partial charge < -0.3 is 10.0 Å². The maximum atomic E-state index is 10.5. The molecule has 0 atom stereocenters. The molecule has 17 heavy (non-hydrogen) atoms. The molecule has 2 fully saturated rings. The average Bonchev–Trinajstić information content (AvgIpc) is 2.81.